The number of hydrogen-bond acceptors (Lipinski definition) is 4. The summed E-state index contributed by atoms with van der Waals surface area (Å²) in [6.45, 7) is 5.84. The average Bonchev–Trinajstić information content (AvgIpc) is 3.53. The van der Waals surface area contributed by atoms with Crippen LogP contribution in [-0.2, 0) is 4.74 Å². The van der Waals surface area contributed by atoms with Gasteiger partial charge in [-0.15, -0.1) is 0 Å². The van der Waals surface area contributed by atoms with Gasteiger partial charge < -0.3 is 9.30 Å². The van der Waals surface area contributed by atoms with Gasteiger partial charge in [0.05, 0.1) is 24.1 Å². The van der Waals surface area contributed by atoms with Crippen molar-refractivity contribution < 1.29 is 18.7 Å². The fraction of sp³-hybridized carbons (Fsp3) is 0.206. The zero-order valence-electron chi connectivity index (χ0n) is 23.8. The van der Waals surface area contributed by atoms with E-state index in [1.165, 1.54) is 23.9 Å². The average molecular weight is 564 g/mol. The van der Waals surface area contributed by atoms with E-state index in [0.717, 1.165) is 16.8 Å². The molecule has 5 aromatic rings. The molecule has 0 spiro atoms. The molecule has 0 bridgehead atoms. The largest absolute Gasteiger partial charge is 0.464 e. The molecule has 0 saturated carbocycles. The summed E-state index contributed by atoms with van der Waals surface area (Å²) in [5.74, 6) is -1.85. The van der Waals surface area contributed by atoms with Gasteiger partial charge in [-0.2, -0.15) is 0 Å². The molecule has 7 nitrogen and oxygen atoms in total. The molecule has 1 unspecified atom stereocenters. The first-order valence-electron chi connectivity index (χ1n) is 13.7. The van der Waals surface area contributed by atoms with E-state index < -0.39 is 28.7 Å². The molecule has 1 N–H and O–H groups in total. The SMILES string of the molecule is COC(=O)c1[nH]n(-c2ccccc2)c(=O)c1C1c2c(cc(-c3ccc(C)cc3)n2-c2ccc(F)cc2)C(=O)CC1(C)C. The number of aromatic amines is 1. The first-order chi connectivity index (χ1) is 20.1. The second-order valence-corrected chi connectivity index (χ2v) is 11.4. The number of para-hydroxylation sites is 1. The van der Waals surface area contributed by atoms with Crippen molar-refractivity contribution >= 4 is 11.8 Å². The van der Waals surface area contributed by atoms with E-state index in [0.29, 0.717) is 22.6 Å². The number of esters is 1. The Morgan fingerprint density at radius 1 is 0.952 bits per heavy atom. The fourth-order valence-electron chi connectivity index (χ4n) is 6.08. The lowest BCUT2D eigenvalue weighted by molar-refractivity contribution is 0.0591. The van der Waals surface area contributed by atoms with E-state index in [1.807, 2.05) is 61.7 Å². The van der Waals surface area contributed by atoms with Crippen molar-refractivity contribution in [1.82, 2.24) is 14.3 Å². The number of Topliss-reactive ketones (excluding diaryl/α,β-unsaturated/α-hetero) is 1. The molecule has 0 radical (unpaired) electrons. The van der Waals surface area contributed by atoms with Crippen LogP contribution in [0.15, 0.2) is 89.7 Å². The monoisotopic (exact) mass is 563 g/mol. The molecule has 1 atom stereocenters. The number of H-pyrrole nitrogens is 1. The molecular weight excluding hydrogens is 533 g/mol. The number of fused-ring (bicyclic) bond motifs is 1. The highest BCUT2D eigenvalue weighted by Gasteiger charge is 2.47. The Kier molecular flexibility index (Phi) is 6.56. The van der Waals surface area contributed by atoms with Gasteiger partial charge in [-0.3, -0.25) is 14.7 Å². The number of ketones is 1. The molecule has 1 aliphatic carbocycles. The fourth-order valence-corrected chi connectivity index (χ4v) is 6.08. The molecular formula is C34H30FN3O4. The Bertz CT molecular complexity index is 1880. The molecule has 2 aromatic heterocycles. The molecule has 1 aliphatic rings. The second kappa shape index (κ2) is 10.1. The Morgan fingerprint density at radius 2 is 1.62 bits per heavy atom. The lowest BCUT2D eigenvalue weighted by Gasteiger charge is -2.38. The van der Waals surface area contributed by atoms with Crippen LogP contribution < -0.4 is 5.56 Å². The first-order valence-corrected chi connectivity index (χ1v) is 13.7. The van der Waals surface area contributed by atoms with E-state index in [9.17, 15) is 18.8 Å². The van der Waals surface area contributed by atoms with Crippen molar-refractivity contribution in [3.05, 3.63) is 129 Å². The number of rotatable bonds is 5. The number of halogens is 1. The molecule has 42 heavy (non-hydrogen) atoms. The molecule has 2 heterocycles. The van der Waals surface area contributed by atoms with E-state index in [-0.39, 0.29) is 23.5 Å². The summed E-state index contributed by atoms with van der Waals surface area (Å²) >= 11 is 0. The first kappa shape index (κ1) is 27.2. The third-order valence-electron chi connectivity index (χ3n) is 8.06. The number of aryl methyl sites for hydroxylation is 1. The highest BCUT2D eigenvalue weighted by atomic mass is 19.1. The van der Waals surface area contributed by atoms with Crippen molar-refractivity contribution in [3.63, 3.8) is 0 Å². The van der Waals surface area contributed by atoms with Gasteiger partial charge in [-0.25, -0.2) is 13.9 Å². The zero-order chi connectivity index (χ0) is 29.8. The Morgan fingerprint density at radius 3 is 2.26 bits per heavy atom. The van der Waals surface area contributed by atoms with E-state index in [4.69, 9.17) is 4.74 Å². The molecule has 0 amide bonds. The number of carbonyl (C=O) groups excluding carboxylic acids is 2. The number of nitrogens with zero attached hydrogens (tertiary/aromatic N) is 2. The van der Waals surface area contributed by atoms with Crippen LogP contribution in [-0.4, -0.2) is 33.2 Å². The predicted molar refractivity (Wildman–Crippen MR) is 158 cm³/mol. The Labute approximate surface area is 242 Å². The van der Waals surface area contributed by atoms with Crippen LogP contribution in [0.5, 0.6) is 0 Å². The minimum Gasteiger partial charge on any atom is -0.464 e. The van der Waals surface area contributed by atoms with Crippen LogP contribution in [0, 0.1) is 18.2 Å². The van der Waals surface area contributed by atoms with Gasteiger partial charge in [0.2, 0.25) is 0 Å². The van der Waals surface area contributed by atoms with Crippen LogP contribution in [0.3, 0.4) is 0 Å². The maximum absolute atomic E-state index is 14.3. The quantitative estimate of drug-likeness (QED) is 0.244. The number of benzene rings is 3. The van der Waals surface area contributed by atoms with E-state index in [1.54, 1.807) is 36.4 Å². The molecule has 0 fully saturated rings. The third kappa shape index (κ3) is 4.40. The topological polar surface area (TPSA) is 86.1 Å². The molecule has 6 rings (SSSR count). The van der Waals surface area contributed by atoms with Crippen molar-refractivity contribution in [1.29, 1.82) is 0 Å². The number of nitrogens with one attached hydrogen (secondary N) is 1. The number of ether oxygens (including phenoxy) is 1. The standard InChI is InChI=1S/C34H30FN3O4/c1-20-10-12-21(13-11-20)26-18-25-27(39)19-34(2,3)29(31(25)37(26)23-16-14-22(35)15-17-23)28-30(33(41)42-4)36-38(32(28)40)24-8-6-5-7-9-24/h5-18,29,36H,19H2,1-4H3. The van der Waals surface area contributed by atoms with E-state index >= 15 is 0 Å². The molecule has 0 aliphatic heterocycles. The van der Waals surface area contributed by atoms with Gasteiger partial charge in [0.25, 0.3) is 5.56 Å². The number of hydrogen-bond donors (Lipinski definition) is 1. The van der Waals surface area contributed by atoms with Crippen molar-refractivity contribution in [2.45, 2.75) is 33.1 Å². The van der Waals surface area contributed by atoms with Crippen molar-refractivity contribution in [3.8, 4) is 22.6 Å². The van der Waals surface area contributed by atoms with Gasteiger partial charge in [-0.05, 0) is 60.4 Å². The Balaban J connectivity index is 1.71. The van der Waals surface area contributed by atoms with Crippen molar-refractivity contribution in [2.75, 3.05) is 7.11 Å². The van der Waals surface area contributed by atoms with Gasteiger partial charge in [0, 0.05) is 29.3 Å². The summed E-state index contributed by atoms with van der Waals surface area (Å²) in [6.07, 6.45) is 0.155. The normalized spacial score (nSPS) is 15.8. The highest BCUT2D eigenvalue weighted by Crippen LogP contribution is 2.51. The van der Waals surface area contributed by atoms with Crippen LogP contribution >= 0.6 is 0 Å². The molecule has 3 aromatic carbocycles. The summed E-state index contributed by atoms with van der Waals surface area (Å²) in [4.78, 5) is 41.2. The lowest BCUT2D eigenvalue weighted by atomic mass is 9.65. The number of methoxy groups -OCH3 is 1. The minimum absolute atomic E-state index is 0.0217. The molecule has 212 valence electrons. The van der Waals surface area contributed by atoms with Crippen LogP contribution in [0.4, 0.5) is 4.39 Å². The summed E-state index contributed by atoms with van der Waals surface area (Å²) in [7, 11) is 1.27. The summed E-state index contributed by atoms with van der Waals surface area (Å²) in [5.41, 5.74) is 3.91. The minimum atomic E-state index is -0.774. The van der Waals surface area contributed by atoms with Gasteiger partial charge in [0.1, 0.15) is 11.5 Å². The summed E-state index contributed by atoms with van der Waals surface area (Å²) in [6, 6.07) is 24.8. The third-order valence-corrected chi connectivity index (χ3v) is 8.06. The maximum atomic E-state index is 14.3. The van der Waals surface area contributed by atoms with Crippen molar-refractivity contribution in [2.24, 2.45) is 5.41 Å². The van der Waals surface area contributed by atoms with Gasteiger partial charge in [-0.1, -0.05) is 61.9 Å². The van der Waals surface area contributed by atoms with E-state index in [2.05, 4.69) is 5.10 Å². The van der Waals surface area contributed by atoms with Crippen LogP contribution in [0.25, 0.3) is 22.6 Å². The number of carbonyl (C=O) groups is 2. The summed E-state index contributed by atoms with van der Waals surface area (Å²) in [5, 5.41) is 2.99. The lowest BCUT2D eigenvalue weighted by Crippen LogP contribution is -2.37. The van der Waals surface area contributed by atoms with Gasteiger partial charge >= 0.3 is 5.97 Å². The maximum Gasteiger partial charge on any atom is 0.356 e. The smallest absolute Gasteiger partial charge is 0.356 e. The molecule has 0 saturated heterocycles. The second-order valence-electron chi connectivity index (χ2n) is 11.4. The predicted octanol–water partition coefficient (Wildman–Crippen LogP) is 6.60. The van der Waals surface area contributed by atoms with Crippen LogP contribution in [0.1, 0.15) is 63.9 Å². The highest BCUT2D eigenvalue weighted by molar-refractivity contribution is 6.01. The number of aromatic nitrogens is 3. The summed E-state index contributed by atoms with van der Waals surface area (Å²) < 4.78 is 22.5. The Hall–Kier alpha value is -4.98. The molecule has 8 heteroatoms. The zero-order valence-corrected chi connectivity index (χ0v) is 23.8. The van der Waals surface area contributed by atoms with Crippen LogP contribution in [0.2, 0.25) is 0 Å². The van der Waals surface area contributed by atoms with Gasteiger partial charge in [0.15, 0.2) is 5.78 Å².